The first-order valence-corrected chi connectivity index (χ1v) is 9.16. The van der Waals surface area contributed by atoms with Crippen LogP contribution < -0.4 is 0 Å². The summed E-state index contributed by atoms with van der Waals surface area (Å²) in [6.07, 6.45) is 2.50. The Morgan fingerprint density at radius 2 is 1.83 bits per heavy atom. The van der Waals surface area contributed by atoms with Gasteiger partial charge in [-0.05, 0) is 37.1 Å². The van der Waals surface area contributed by atoms with Gasteiger partial charge in [-0.15, -0.1) is 11.6 Å². The standard InChI is InChI=1S/C20H22ClN3/c21-13-20-22-18-10-4-5-11-19(18)24(20)15-17-9-6-12-23(17)14-16-7-2-1-3-8-16/h1-5,7-8,10-11,17H,6,9,12-15H2/t17-/m0/s1. The number of aromatic nitrogens is 2. The number of imidazole rings is 1. The number of alkyl halides is 1. The summed E-state index contributed by atoms with van der Waals surface area (Å²) in [6, 6.07) is 19.6. The molecule has 1 aliphatic rings. The molecule has 0 saturated carbocycles. The first-order chi connectivity index (χ1) is 11.8. The molecule has 4 rings (SSSR count). The first-order valence-electron chi connectivity index (χ1n) is 8.63. The smallest absolute Gasteiger partial charge is 0.124 e. The summed E-state index contributed by atoms with van der Waals surface area (Å²) >= 11 is 6.16. The number of likely N-dealkylation sites (tertiary alicyclic amines) is 1. The van der Waals surface area contributed by atoms with E-state index in [1.165, 1.54) is 30.5 Å². The third kappa shape index (κ3) is 3.06. The molecule has 0 N–H and O–H groups in total. The minimum atomic E-state index is 0.458. The number of para-hydroxylation sites is 2. The van der Waals surface area contributed by atoms with Crippen LogP contribution in [-0.4, -0.2) is 27.0 Å². The average Bonchev–Trinajstić information content (AvgIpc) is 3.21. The maximum atomic E-state index is 6.16. The fourth-order valence-electron chi connectivity index (χ4n) is 3.77. The molecule has 0 spiro atoms. The number of fused-ring (bicyclic) bond motifs is 1. The average molecular weight is 340 g/mol. The van der Waals surface area contributed by atoms with E-state index >= 15 is 0 Å². The van der Waals surface area contributed by atoms with E-state index in [9.17, 15) is 0 Å². The Hall–Kier alpha value is -1.84. The molecule has 24 heavy (non-hydrogen) atoms. The van der Waals surface area contributed by atoms with E-state index < -0.39 is 0 Å². The van der Waals surface area contributed by atoms with E-state index in [1.807, 2.05) is 6.07 Å². The van der Waals surface area contributed by atoms with Crippen LogP contribution in [0.2, 0.25) is 0 Å². The molecular weight excluding hydrogens is 318 g/mol. The van der Waals surface area contributed by atoms with E-state index in [1.54, 1.807) is 0 Å². The summed E-state index contributed by atoms with van der Waals surface area (Å²) in [5, 5.41) is 0. The van der Waals surface area contributed by atoms with Gasteiger partial charge in [0.1, 0.15) is 5.82 Å². The predicted octanol–water partition coefficient (Wildman–Crippen LogP) is 4.44. The summed E-state index contributed by atoms with van der Waals surface area (Å²) < 4.78 is 2.32. The minimum absolute atomic E-state index is 0.458. The van der Waals surface area contributed by atoms with Gasteiger partial charge in [0.2, 0.25) is 0 Å². The van der Waals surface area contributed by atoms with Crippen LogP contribution in [0, 0.1) is 0 Å². The molecule has 0 aliphatic carbocycles. The molecular formula is C20H22ClN3. The lowest BCUT2D eigenvalue weighted by atomic mass is 10.1. The highest BCUT2D eigenvalue weighted by Crippen LogP contribution is 2.25. The van der Waals surface area contributed by atoms with Gasteiger partial charge in [0.15, 0.2) is 0 Å². The summed E-state index contributed by atoms with van der Waals surface area (Å²) in [4.78, 5) is 7.29. The molecule has 3 aromatic rings. The molecule has 1 atom stereocenters. The summed E-state index contributed by atoms with van der Waals surface area (Å²) in [6.45, 7) is 3.16. The van der Waals surface area contributed by atoms with Gasteiger partial charge in [-0.25, -0.2) is 4.98 Å². The Kier molecular flexibility index (Phi) is 4.54. The van der Waals surface area contributed by atoms with Crippen molar-refractivity contribution in [1.29, 1.82) is 0 Å². The quantitative estimate of drug-likeness (QED) is 0.641. The Bertz CT molecular complexity index is 812. The van der Waals surface area contributed by atoms with Crippen LogP contribution in [-0.2, 0) is 19.0 Å². The normalized spacial score (nSPS) is 18.5. The zero-order valence-electron chi connectivity index (χ0n) is 13.7. The van der Waals surface area contributed by atoms with Crippen molar-refractivity contribution in [3.63, 3.8) is 0 Å². The maximum absolute atomic E-state index is 6.16. The lowest BCUT2D eigenvalue weighted by molar-refractivity contribution is 0.225. The molecule has 1 aliphatic heterocycles. The topological polar surface area (TPSA) is 21.1 Å². The van der Waals surface area contributed by atoms with Gasteiger partial charge in [-0.1, -0.05) is 42.5 Å². The van der Waals surface area contributed by atoms with Crippen molar-refractivity contribution in [3.05, 3.63) is 66.0 Å². The number of nitrogens with zero attached hydrogens (tertiary/aromatic N) is 3. The molecule has 0 unspecified atom stereocenters. The maximum Gasteiger partial charge on any atom is 0.124 e. The van der Waals surface area contributed by atoms with Crippen LogP contribution in [0.15, 0.2) is 54.6 Å². The Balaban J connectivity index is 1.58. The largest absolute Gasteiger partial charge is 0.325 e. The van der Waals surface area contributed by atoms with Crippen molar-refractivity contribution in [1.82, 2.24) is 14.5 Å². The second-order valence-electron chi connectivity index (χ2n) is 6.51. The van der Waals surface area contributed by atoms with Gasteiger partial charge in [0.25, 0.3) is 0 Å². The van der Waals surface area contributed by atoms with Gasteiger partial charge in [0.05, 0.1) is 16.9 Å². The third-order valence-corrected chi connectivity index (χ3v) is 5.21. The lowest BCUT2D eigenvalue weighted by Crippen LogP contribution is -2.32. The second kappa shape index (κ2) is 6.96. The Labute approximate surface area is 147 Å². The van der Waals surface area contributed by atoms with Crippen LogP contribution >= 0.6 is 11.6 Å². The first kappa shape index (κ1) is 15.7. The number of hydrogen-bond donors (Lipinski definition) is 0. The van der Waals surface area contributed by atoms with Crippen molar-refractivity contribution in [2.45, 2.75) is 37.9 Å². The lowest BCUT2D eigenvalue weighted by Gasteiger charge is -2.25. The number of benzene rings is 2. The third-order valence-electron chi connectivity index (χ3n) is 4.97. The molecule has 124 valence electrons. The molecule has 0 bridgehead atoms. The SMILES string of the molecule is ClCc1nc2ccccc2n1C[C@@H]1CCCN1Cc1ccccc1. The number of hydrogen-bond acceptors (Lipinski definition) is 2. The van der Waals surface area contributed by atoms with Gasteiger partial charge < -0.3 is 4.57 Å². The summed E-state index contributed by atoms with van der Waals surface area (Å²) in [5.74, 6) is 1.43. The monoisotopic (exact) mass is 339 g/mol. The molecule has 3 nitrogen and oxygen atoms in total. The Morgan fingerprint density at radius 3 is 2.67 bits per heavy atom. The highest BCUT2D eigenvalue weighted by molar-refractivity contribution is 6.16. The zero-order chi connectivity index (χ0) is 16.4. The van der Waals surface area contributed by atoms with Gasteiger partial charge in [-0.2, -0.15) is 0 Å². The summed E-state index contributed by atoms with van der Waals surface area (Å²) in [7, 11) is 0. The van der Waals surface area contributed by atoms with Gasteiger partial charge >= 0.3 is 0 Å². The number of halogens is 1. The van der Waals surface area contributed by atoms with Crippen molar-refractivity contribution in [3.8, 4) is 0 Å². The Morgan fingerprint density at radius 1 is 1.04 bits per heavy atom. The highest BCUT2D eigenvalue weighted by atomic mass is 35.5. The van der Waals surface area contributed by atoms with Crippen molar-refractivity contribution in [2.24, 2.45) is 0 Å². The fourth-order valence-corrected chi connectivity index (χ4v) is 3.97. The van der Waals surface area contributed by atoms with E-state index in [0.717, 1.165) is 24.4 Å². The molecule has 0 amide bonds. The highest BCUT2D eigenvalue weighted by Gasteiger charge is 2.26. The van der Waals surface area contributed by atoms with Crippen LogP contribution in [0.4, 0.5) is 0 Å². The second-order valence-corrected chi connectivity index (χ2v) is 6.78. The zero-order valence-corrected chi connectivity index (χ0v) is 14.5. The van der Waals surface area contributed by atoms with Gasteiger partial charge in [-0.3, -0.25) is 4.90 Å². The molecule has 4 heteroatoms. The van der Waals surface area contributed by atoms with Crippen molar-refractivity contribution < 1.29 is 0 Å². The fraction of sp³-hybridized carbons (Fsp3) is 0.350. The molecule has 2 aromatic carbocycles. The molecule has 1 fully saturated rings. The molecule has 0 radical (unpaired) electrons. The van der Waals surface area contributed by atoms with Crippen LogP contribution in [0.3, 0.4) is 0 Å². The van der Waals surface area contributed by atoms with Crippen LogP contribution in [0.25, 0.3) is 11.0 Å². The molecule has 1 aromatic heterocycles. The van der Waals surface area contributed by atoms with E-state index in [-0.39, 0.29) is 0 Å². The van der Waals surface area contributed by atoms with E-state index in [4.69, 9.17) is 16.6 Å². The van der Waals surface area contributed by atoms with Crippen LogP contribution in [0.1, 0.15) is 24.2 Å². The van der Waals surface area contributed by atoms with E-state index in [0.29, 0.717) is 11.9 Å². The number of rotatable bonds is 5. The van der Waals surface area contributed by atoms with Crippen LogP contribution in [0.5, 0.6) is 0 Å². The van der Waals surface area contributed by atoms with E-state index in [2.05, 4.69) is 58.0 Å². The summed E-state index contributed by atoms with van der Waals surface area (Å²) in [5.41, 5.74) is 3.62. The van der Waals surface area contributed by atoms with Crippen molar-refractivity contribution >= 4 is 22.6 Å². The minimum Gasteiger partial charge on any atom is -0.325 e. The van der Waals surface area contributed by atoms with Gasteiger partial charge in [0, 0.05) is 19.1 Å². The molecule has 2 heterocycles. The van der Waals surface area contributed by atoms with Crippen molar-refractivity contribution in [2.75, 3.05) is 6.54 Å². The predicted molar refractivity (Wildman–Crippen MR) is 99.2 cm³/mol. The molecule has 1 saturated heterocycles.